The van der Waals surface area contributed by atoms with Crippen LogP contribution in [0.5, 0.6) is 0 Å². The molecule has 0 spiro atoms. The van der Waals surface area contributed by atoms with Crippen molar-refractivity contribution in [1.82, 2.24) is 19.7 Å². The van der Waals surface area contributed by atoms with E-state index in [1.165, 1.54) is 12.1 Å². The molecule has 3 rings (SSSR count). The highest BCUT2D eigenvalue weighted by molar-refractivity contribution is 5.89. The van der Waals surface area contributed by atoms with Gasteiger partial charge in [0, 0.05) is 24.5 Å². The second-order valence-electron chi connectivity index (χ2n) is 6.14. The number of pyridine rings is 1. The predicted molar refractivity (Wildman–Crippen MR) is 87.7 cm³/mol. The highest BCUT2D eigenvalue weighted by Gasteiger charge is 2.30. The fourth-order valence-corrected chi connectivity index (χ4v) is 3.10. The zero-order valence-corrected chi connectivity index (χ0v) is 13.8. The number of urea groups is 1. The van der Waals surface area contributed by atoms with Crippen molar-refractivity contribution in [3.63, 3.8) is 0 Å². The summed E-state index contributed by atoms with van der Waals surface area (Å²) < 4.78 is 38.2. The molecule has 140 valence electrons. The van der Waals surface area contributed by atoms with Crippen LogP contribution in [0.2, 0.25) is 0 Å². The minimum absolute atomic E-state index is 0.182. The van der Waals surface area contributed by atoms with E-state index >= 15 is 0 Å². The van der Waals surface area contributed by atoms with Crippen molar-refractivity contribution in [2.45, 2.75) is 38.0 Å². The fourth-order valence-electron chi connectivity index (χ4n) is 3.10. The molecule has 1 atom stereocenters. The van der Waals surface area contributed by atoms with Crippen molar-refractivity contribution in [3.8, 4) is 0 Å². The lowest BCUT2D eigenvalue weighted by molar-refractivity contribution is -0.141. The first-order valence-corrected chi connectivity index (χ1v) is 8.17. The summed E-state index contributed by atoms with van der Waals surface area (Å²) in [7, 11) is 0. The molecule has 0 radical (unpaired) electrons. The number of hydrogen-bond acceptors (Lipinski definition) is 3. The summed E-state index contributed by atoms with van der Waals surface area (Å²) in [5.41, 5.74) is -0.226. The first-order valence-electron chi connectivity index (χ1n) is 8.17. The van der Waals surface area contributed by atoms with Crippen LogP contribution < -0.4 is 10.9 Å². The second kappa shape index (κ2) is 7.22. The Kier molecular flexibility index (Phi) is 5.01. The van der Waals surface area contributed by atoms with E-state index in [-0.39, 0.29) is 11.7 Å². The summed E-state index contributed by atoms with van der Waals surface area (Å²) in [6.07, 6.45) is 2.37. The number of amides is 2. The molecular weight excluding hydrogens is 351 g/mol. The topological polar surface area (TPSA) is 83.0 Å². The van der Waals surface area contributed by atoms with Gasteiger partial charge in [0.15, 0.2) is 0 Å². The third-order valence-electron chi connectivity index (χ3n) is 4.28. The summed E-state index contributed by atoms with van der Waals surface area (Å²) in [6, 6.07) is 1.89. The van der Waals surface area contributed by atoms with Crippen LogP contribution in [-0.2, 0) is 6.54 Å². The maximum Gasteiger partial charge on any atom is 0.406 e. The molecule has 0 bridgehead atoms. The Morgan fingerprint density at radius 2 is 2.19 bits per heavy atom. The van der Waals surface area contributed by atoms with E-state index in [4.69, 9.17) is 0 Å². The van der Waals surface area contributed by atoms with Gasteiger partial charge in [-0.1, -0.05) is 0 Å². The predicted octanol–water partition coefficient (Wildman–Crippen LogP) is 2.89. The second-order valence-corrected chi connectivity index (χ2v) is 6.14. The summed E-state index contributed by atoms with van der Waals surface area (Å²) in [6.45, 7) is -0.915. The zero-order valence-electron chi connectivity index (χ0n) is 13.8. The molecule has 2 aromatic heterocycles. The van der Waals surface area contributed by atoms with Crippen LogP contribution in [0.25, 0.3) is 0 Å². The standard InChI is InChI=1S/C16H18F3N5O2/c17-16(18,19)10-23-6-3-4-12(14(23)25)22-15(26)24-7-2-1-5-13(24)11-8-20-21-9-11/h3-4,6,8-9,13H,1-2,5,7,10H2,(H,20,21)(H,22,26). The van der Waals surface area contributed by atoms with Gasteiger partial charge in [-0.25, -0.2) is 4.79 Å². The number of piperidine rings is 1. The summed E-state index contributed by atoms with van der Waals surface area (Å²) in [4.78, 5) is 26.4. The minimum atomic E-state index is -4.52. The molecule has 0 aliphatic carbocycles. The molecule has 1 aliphatic rings. The van der Waals surface area contributed by atoms with Crippen molar-refractivity contribution in [2.24, 2.45) is 0 Å². The molecule has 10 heteroatoms. The largest absolute Gasteiger partial charge is 0.406 e. The maximum atomic E-state index is 12.6. The van der Waals surface area contributed by atoms with Gasteiger partial charge in [0.1, 0.15) is 12.2 Å². The van der Waals surface area contributed by atoms with Gasteiger partial charge in [-0.15, -0.1) is 0 Å². The first kappa shape index (κ1) is 18.0. The highest BCUT2D eigenvalue weighted by atomic mass is 19.4. The van der Waals surface area contributed by atoms with E-state index in [0.717, 1.165) is 31.0 Å². The van der Waals surface area contributed by atoms with Crippen LogP contribution in [0, 0.1) is 0 Å². The molecule has 1 aliphatic heterocycles. The van der Waals surface area contributed by atoms with Gasteiger partial charge in [0.25, 0.3) is 5.56 Å². The van der Waals surface area contributed by atoms with E-state index in [0.29, 0.717) is 11.1 Å². The number of halogens is 3. The molecule has 0 aromatic carbocycles. The lowest BCUT2D eigenvalue weighted by atomic mass is 9.98. The number of alkyl halides is 3. The van der Waals surface area contributed by atoms with Gasteiger partial charge in [0.2, 0.25) is 0 Å². The number of carbonyl (C=O) groups is 1. The number of H-pyrrole nitrogens is 1. The van der Waals surface area contributed by atoms with Gasteiger partial charge in [-0.05, 0) is 31.4 Å². The van der Waals surface area contributed by atoms with Gasteiger partial charge in [0.05, 0.1) is 12.2 Å². The average molecular weight is 369 g/mol. The van der Waals surface area contributed by atoms with Gasteiger partial charge in [-0.3, -0.25) is 9.89 Å². The number of aromatic nitrogens is 3. The van der Waals surface area contributed by atoms with Crippen LogP contribution in [0.4, 0.5) is 23.7 Å². The summed E-state index contributed by atoms with van der Waals surface area (Å²) in [5.74, 6) is 0. The van der Waals surface area contributed by atoms with Gasteiger partial charge < -0.3 is 14.8 Å². The molecular formula is C16H18F3N5O2. The Hall–Kier alpha value is -2.78. The molecule has 1 unspecified atom stereocenters. The van der Waals surface area contributed by atoms with E-state index in [1.54, 1.807) is 17.3 Å². The van der Waals surface area contributed by atoms with Crippen molar-refractivity contribution < 1.29 is 18.0 Å². The smallest absolute Gasteiger partial charge is 0.317 e. The van der Waals surface area contributed by atoms with Crippen molar-refractivity contribution in [1.29, 1.82) is 0 Å². The third kappa shape index (κ3) is 4.06. The Labute approximate surface area is 146 Å². The molecule has 26 heavy (non-hydrogen) atoms. The van der Waals surface area contributed by atoms with Crippen LogP contribution in [0.15, 0.2) is 35.5 Å². The summed E-state index contributed by atoms with van der Waals surface area (Å²) in [5, 5.41) is 9.05. The maximum absolute atomic E-state index is 12.6. The Balaban J connectivity index is 1.79. The van der Waals surface area contributed by atoms with Gasteiger partial charge in [-0.2, -0.15) is 18.3 Å². The molecule has 0 saturated carbocycles. The van der Waals surface area contributed by atoms with Gasteiger partial charge >= 0.3 is 12.2 Å². The quantitative estimate of drug-likeness (QED) is 0.873. The number of carbonyl (C=O) groups excluding carboxylic acids is 1. The third-order valence-corrected chi connectivity index (χ3v) is 4.28. The summed E-state index contributed by atoms with van der Waals surface area (Å²) >= 11 is 0. The number of aromatic amines is 1. The van der Waals surface area contributed by atoms with E-state index in [2.05, 4.69) is 15.5 Å². The van der Waals surface area contributed by atoms with Crippen LogP contribution in [0.3, 0.4) is 0 Å². The zero-order chi connectivity index (χ0) is 18.7. The molecule has 2 N–H and O–H groups in total. The first-order chi connectivity index (χ1) is 12.3. The van der Waals surface area contributed by atoms with E-state index in [1.807, 2.05) is 0 Å². The van der Waals surface area contributed by atoms with E-state index < -0.39 is 24.3 Å². The normalized spacial score (nSPS) is 18.0. The van der Waals surface area contributed by atoms with Crippen LogP contribution in [0.1, 0.15) is 30.9 Å². The SMILES string of the molecule is O=C(Nc1cccn(CC(F)(F)F)c1=O)N1CCCCC1c1cn[nH]c1. The molecule has 2 aromatic rings. The molecule has 1 fully saturated rings. The number of hydrogen-bond donors (Lipinski definition) is 2. The highest BCUT2D eigenvalue weighted by Crippen LogP contribution is 2.30. The van der Waals surface area contributed by atoms with E-state index in [9.17, 15) is 22.8 Å². The van der Waals surface area contributed by atoms with Crippen molar-refractivity contribution >= 4 is 11.7 Å². The van der Waals surface area contributed by atoms with Crippen LogP contribution in [-0.4, -0.2) is 38.4 Å². The number of rotatable bonds is 3. The Morgan fingerprint density at radius 3 is 2.88 bits per heavy atom. The van der Waals surface area contributed by atoms with Crippen LogP contribution >= 0.6 is 0 Å². The Morgan fingerprint density at radius 1 is 1.38 bits per heavy atom. The number of anilines is 1. The average Bonchev–Trinajstić information content (AvgIpc) is 3.11. The lowest BCUT2D eigenvalue weighted by Crippen LogP contribution is -2.42. The van der Waals surface area contributed by atoms with Crippen molar-refractivity contribution in [2.75, 3.05) is 11.9 Å². The Bertz CT molecular complexity index is 816. The lowest BCUT2D eigenvalue weighted by Gasteiger charge is -2.35. The molecule has 1 saturated heterocycles. The van der Waals surface area contributed by atoms with Crippen molar-refractivity contribution in [3.05, 3.63) is 46.6 Å². The minimum Gasteiger partial charge on any atom is -0.317 e. The molecule has 2 amide bonds. The monoisotopic (exact) mass is 369 g/mol. The number of nitrogens with zero attached hydrogens (tertiary/aromatic N) is 3. The molecule has 3 heterocycles. The fraction of sp³-hybridized carbons (Fsp3) is 0.438. The number of likely N-dealkylation sites (tertiary alicyclic amines) is 1. The molecule has 7 nitrogen and oxygen atoms in total. The number of nitrogens with one attached hydrogen (secondary N) is 2.